The fourth-order valence-corrected chi connectivity index (χ4v) is 2.08. The minimum absolute atomic E-state index is 0.137. The molecule has 0 radical (unpaired) electrons. The van der Waals surface area contributed by atoms with Crippen LogP contribution in [0.3, 0.4) is 0 Å². The molecule has 1 aromatic carbocycles. The Morgan fingerprint density at radius 2 is 1.86 bits per heavy atom. The van der Waals surface area contributed by atoms with Gasteiger partial charge in [-0.25, -0.2) is 13.2 Å². The summed E-state index contributed by atoms with van der Waals surface area (Å²) in [7, 11) is 0. The SMILES string of the molecule is Cc1cc(=O)c(CNC(C)C)cn1-c1ccc(F)c(F)c1F. The molecule has 0 aliphatic heterocycles. The molecule has 0 aliphatic rings. The molecule has 0 spiro atoms. The Labute approximate surface area is 126 Å². The quantitative estimate of drug-likeness (QED) is 0.881. The molecule has 2 rings (SSSR count). The minimum Gasteiger partial charge on any atom is -0.318 e. The van der Waals surface area contributed by atoms with E-state index in [1.807, 2.05) is 13.8 Å². The first-order valence-corrected chi connectivity index (χ1v) is 6.90. The summed E-state index contributed by atoms with van der Waals surface area (Å²) in [5.41, 5.74) is 0.527. The van der Waals surface area contributed by atoms with E-state index < -0.39 is 17.5 Å². The van der Waals surface area contributed by atoms with Gasteiger partial charge in [0.2, 0.25) is 0 Å². The van der Waals surface area contributed by atoms with E-state index in [4.69, 9.17) is 0 Å². The van der Waals surface area contributed by atoms with Gasteiger partial charge in [-0.15, -0.1) is 0 Å². The molecular formula is C16H17F3N2O. The molecule has 0 fully saturated rings. The third-order valence-electron chi connectivity index (χ3n) is 3.30. The number of nitrogens with one attached hydrogen (secondary N) is 1. The van der Waals surface area contributed by atoms with Gasteiger partial charge in [0.25, 0.3) is 0 Å². The average Bonchev–Trinajstić information content (AvgIpc) is 2.45. The molecule has 22 heavy (non-hydrogen) atoms. The molecule has 1 N–H and O–H groups in total. The molecule has 1 heterocycles. The molecule has 0 atom stereocenters. The maximum atomic E-state index is 13.9. The van der Waals surface area contributed by atoms with Gasteiger partial charge in [-0.1, -0.05) is 13.8 Å². The number of benzene rings is 1. The standard InChI is InChI=1S/C16H17F3N2O/c1-9(2)20-7-11-8-21(10(3)6-14(11)22)13-5-4-12(17)15(18)16(13)19/h4-6,8-9,20H,7H2,1-3H3. The smallest absolute Gasteiger partial charge is 0.196 e. The van der Waals surface area contributed by atoms with E-state index in [9.17, 15) is 18.0 Å². The number of halogens is 3. The van der Waals surface area contributed by atoms with Crippen LogP contribution in [-0.2, 0) is 6.54 Å². The molecule has 3 nitrogen and oxygen atoms in total. The minimum atomic E-state index is -1.53. The molecule has 0 saturated carbocycles. The van der Waals surface area contributed by atoms with Crippen molar-refractivity contribution in [1.82, 2.24) is 9.88 Å². The summed E-state index contributed by atoms with van der Waals surface area (Å²) in [6.45, 7) is 5.77. The highest BCUT2D eigenvalue weighted by molar-refractivity contribution is 5.38. The Morgan fingerprint density at radius 1 is 1.18 bits per heavy atom. The number of rotatable bonds is 4. The van der Waals surface area contributed by atoms with E-state index in [1.54, 1.807) is 6.92 Å². The van der Waals surface area contributed by atoms with Crippen LogP contribution in [0, 0.1) is 24.4 Å². The molecule has 0 aliphatic carbocycles. The summed E-state index contributed by atoms with van der Waals surface area (Å²) in [4.78, 5) is 12.0. The maximum absolute atomic E-state index is 13.9. The summed E-state index contributed by atoms with van der Waals surface area (Å²) in [5, 5.41) is 3.09. The molecule has 0 bridgehead atoms. The van der Waals surface area contributed by atoms with E-state index in [2.05, 4.69) is 5.32 Å². The van der Waals surface area contributed by atoms with Crippen molar-refractivity contribution in [2.45, 2.75) is 33.4 Å². The van der Waals surface area contributed by atoms with Gasteiger partial charge < -0.3 is 9.88 Å². The fourth-order valence-electron chi connectivity index (χ4n) is 2.08. The van der Waals surface area contributed by atoms with E-state index >= 15 is 0 Å². The second kappa shape index (κ2) is 6.36. The topological polar surface area (TPSA) is 34.0 Å². The lowest BCUT2D eigenvalue weighted by Gasteiger charge is -2.15. The molecule has 0 unspecified atom stereocenters. The third kappa shape index (κ3) is 3.22. The van der Waals surface area contributed by atoms with Crippen LogP contribution in [-0.4, -0.2) is 10.6 Å². The van der Waals surface area contributed by atoms with Crippen LogP contribution in [0.4, 0.5) is 13.2 Å². The monoisotopic (exact) mass is 310 g/mol. The number of pyridine rings is 1. The van der Waals surface area contributed by atoms with Gasteiger partial charge >= 0.3 is 0 Å². The number of nitrogens with zero attached hydrogens (tertiary/aromatic N) is 1. The first-order valence-electron chi connectivity index (χ1n) is 6.90. The van der Waals surface area contributed by atoms with E-state index in [0.717, 1.165) is 12.1 Å². The predicted molar refractivity (Wildman–Crippen MR) is 78.6 cm³/mol. The van der Waals surface area contributed by atoms with Crippen LogP contribution in [0.2, 0.25) is 0 Å². The lowest BCUT2D eigenvalue weighted by molar-refractivity contribution is 0.444. The summed E-state index contributed by atoms with van der Waals surface area (Å²) in [6.07, 6.45) is 1.45. The van der Waals surface area contributed by atoms with Crippen LogP contribution in [0.25, 0.3) is 5.69 Å². The Bertz CT molecular complexity index is 754. The second-order valence-corrected chi connectivity index (χ2v) is 5.40. The molecule has 0 amide bonds. The van der Waals surface area contributed by atoms with Crippen molar-refractivity contribution in [3.63, 3.8) is 0 Å². The van der Waals surface area contributed by atoms with Crippen molar-refractivity contribution in [2.75, 3.05) is 0 Å². The zero-order valence-electron chi connectivity index (χ0n) is 12.6. The van der Waals surface area contributed by atoms with Gasteiger partial charge in [0.05, 0.1) is 5.69 Å². The van der Waals surface area contributed by atoms with Crippen molar-refractivity contribution in [1.29, 1.82) is 0 Å². The lowest BCUT2D eigenvalue weighted by Crippen LogP contribution is -2.26. The highest BCUT2D eigenvalue weighted by Gasteiger charge is 2.16. The van der Waals surface area contributed by atoms with Crippen LogP contribution in [0.15, 0.2) is 29.2 Å². The van der Waals surface area contributed by atoms with Crippen LogP contribution in [0.1, 0.15) is 25.1 Å². The summed E-state index contributed by atoms with van der Waals surface area (Å²) in [5.74, 6) is -4.06. The Morgan fingerprint density at radius 3 is 2.50 bits per heavy atom. The van der Waals surface area contributed by atoms with Crippen molar-refractivity contribution >= 4 is 0 Å². The Balaban J connectivity index is 2.54. The van der Waals surface area contributed by atoms with Crippen LogP contribution in [0.5, 0.6) is 0 Å². The zero-order chi connectivity index (χ0) is 16.4. The Hall–Kier alpha value is -2.08. The first kappa shape index (κ1) is 16.3. The van der Waals surface area contributed by atoms with Gasteiger partial charge in [0.1, 0.15) is 0 Å². The normalized spacial score (nSPS) is 11.2. The van der Waals surface area contributed by atoms with Crippen molar-refractivity contribution in [2.24, 2.45) is 0 Å². The largest absolute Gasteiger partial charge is 0.318 e. The number of aromatic nitrogens is 1. The molecule has 6 heteroatoms. The van der Waals surface area contributed by atoms with E-state index in [0.29, 0.717) is 17.8 Å². The summed E-state index contributed by atoms with van der Waals surface area (Å²) < 4.78 is 41.7. The third-order valence-corrected chi connectivity index (χ3v) is 3.30. The summed E-state index contributed by atoms with van der Waals surface area (Å²) >= 11 is 0. The van der Waals surface area contributed by atoms with Gasteiger partial charge in [-0.2, -0.15) is 0 Å². The molecular weight excluding hydrogens is 293 g/mol. The number of hydrogen-bond acceptors (Lipinski definition) is 2. The van der Waals surface area contributed by atoms with Crippen LogP contribution >= 0.6 is 0 Å². The highest BCUT2D eigenvalue weighted by Crippen LogP contribution is 2.20. The molecule has 2 aromatic rings. The zero-order valence-corrected chi connectivity index (χ0v) is 12.6. The van der Waals surface area contributed by atoms with Crippen molar-refractivity contribution in [3.05, 3.63) is 63.3 Å². The Kier molecular flexibility index (Phi) is 4.71. The molecule has 0 saturated heterocycles. The number of hydrogen-bond donors (Lipinski definition) is 1. The van der Waals surface area contributed by atoms with Crippen molar-refractivity contribution < 1.29 is 13.2 Å². The fraction of sp³-hybridized carbons (Fsp3) is 0.312. The molecule has 118 valence electrons. The second-order valence-electron chi connectivity index (χ2n) is 5.40. The predicted octanol–water partition coefficient (Wildman–Crippen LogP) is 3.06. The first-order chi connectivity index (χ1) is 10.3. The summed E-state index contributed by atoms with van der Waals surface area (Å²) in [6, 6.07) is 3.52. The molecule has 1 aromatic heterocycles. The van der Waals surface area contributed by atoms with Crippen molar-refractivity contribution in [3.8, 4) is 5.69 Å². The van der Waals surface area contributed by atoms with E-state index in [-0.39, 0.29) is 17.2 Å². The lowest BCUT2D eigenvalue weighted by atomic mass is 10.2. The van der Waals surface area contributed by atoms with Gasteiger partial charge in [-0.3, -0.25) is 4.79 Å². The van der Waals surface area contributed by atoms with Crippen LogP contribution < -0.4 is 10.7 Å². The van der Waals surface area contributed by atoms with Gasteiger partial charge in [0.15, 0.2) is 22.9 Å². The maximum Gasteiger partial charge on any atom is 0.196 e. The van der Waals surface area contributed by atoms with Gasteiger partial charge in [0, 0.05) is 36.1 Å². The number of aryl methyl sites for hydroxylation is 1. The van der Waals surface area contributed by atoms with Gasteiger partial charge in [-0.05, 0) is 19.1 Å². The highest BCUT2D eigenvalue weighted by atomic mass is 19.2. The van der Waals surface area contributed by atoms with E-state index in [1.165, 1.54) is 16.8 Å². The average molecular weight is 310 g/mol.